The van der Waals surface area contributed by atoms with Crippen LogP contribution in [0.15, 0.2) is 42.6 Å². The first-order valence-electron chi connectivity index (χ1n) is 5.10. The summed E-state index contributed by atoms with van der Waals surface area (Å²) in [6.45, 7) is 1.30. The van der Waals surface area contributed by atoms with Crippen molar-refractivity contribution < 1.29 is 14.6 Å². The van der Waals surface area contributed by atoms with Crippen LogP contribution in [0.4, 0.5) is 0 Å². The fourth-order valence-corrected chi connectivity index (χ4v) is 1.09. The molecule has 0 aliphatic carbocycles. The maximum Gasteiger partial charge on any atom is 0.329 e. The lowest BCUT2D eigenvalue weighted by molar-refractivity contribution is -0.131. The average molecular weight is 221 g/mol. The maximum atomic E-state index is 10.1. The Kier molecular flexibility index (Phi) is 5.55. The van der Waals surface area contributed by atoms with Crippen LogP contribution in [0.1, 0.15) is 6.42 Å². The highest BCUT2D eigenvalue weighted by molar-refractivity contribution is 5.79. The minimum Gasteiger partial charge on any atom is -0.494 e. The molecule has 0 spiro atoms. The molecule has 1 aromatic carbocycles. The number of hydrogen-bond donors (Lipinski definition) is 2. The number of carboxylic acids is 1. The number of benzene rings is 1. The quantitative estimate of drug-likeness (QED) is 0.543. The van der Waals surface area contributed by atoms with E-state index in [0.29, 0.717) is 13.2 Å². The van der Waals surface area contributed by atoms with Crippen molar-refractivity contribution in [2.75, 3.05) is 13.2 Å². The van der Waals surface area contributed by atoms with E-state index in [4.69, 9.17) is 9.84 Å². The molecular formula is C12H15NO3. The maximum absolute atomic E-state index is 10.1. The van der Waals surface area contributed by atoms with Gasteiger partial charge in [-0.25, -0.2) is 4.79 Å². The van der Waals surface area contributed by atoms with E-state index in [1.54, 1.807) is 0 Å². The summed E-state index contributed by atoms with van der Waals surface area (Å²) in [6.07, 6.45) is 3.31. The minimum absolute atomic E-state index is 0.609. The first-order valence-corrected chi connectivity index (χ1v) is 5.10. The normalized spacial score (nSPS) is 10.2. The van der Waals surface area contributed by atoms with Gasteiger partial charge in [-0.2, -0.15) is 0 Å². The Morgan fingerprint density at radius 3 is 2.81 bits per heavy atom. The van der Waals surface area contributed by atoms with Gasteiger partial charge in [0, 0.05) is 18.8 Å². The highest BCUT2D eigenvalue weighted by atomic mass is 16.5. The predicted octanol–water partition coefficient (Wildman–Crippen LogP) is 1.64. The monoisotopic (exact) mass is 221 g/mol. The number of rotatable bonds is 7. The van der Waals surface area contributed by atoms with Crippen molar-refractivity contribution >= 4 is 5.97 Å². The minimum atomic E-state index is -0.951. The third kappa shape index (κ3) is 5.70. The highest BCUT2D eigenvalue weighted by Crippen LogP contribution is 2.07. The second kappa shape index (κ2) is 7.34. The van der Waals surface area contributed by atoms with Gasteiger partial charge in [0.2, 0.25) is 0 Å². The number of carboxylic acid groups (broad SMARTS) is 1. The topological polar surface area (TPSA) is 58.6 Å². The summed E-state index contributed by atoms with van der Waals surface area (Å²) in [6, 6.07) is 9.58. The Balaban J connectivity index is 2.02. The molecule has 0 fully saturated rings. The van der Waals surface area contributed by atoms with Crippen molar-refractivity contribution in [3.63, 3.8) is 0 Å². The van der Waals surface area contributed by atoms with Crippen LogP contribution in [-0.4, -0.2) is 24.2 Å². The van der Waals surface area contributed by atoms with Crippen LogP contribution in [0.5, 0.6) is 5.75 Å². The number of para-hydroxylation sites is 1. The Hall–Kier alpha value is -1.97. The van der Waals surface area contributed by atoms with E-state index in [-0.39, 0.29) is 0 Å². The molecule has 4 nitrogen and oxygen atoms in total. The van der Waals surface area contributed by atoms with Crippen molar-refractivity contribution in [1.29, 1.82) is 0 Å². The zero-order valence-corrected chi connectivity index (χ0v) is 8.93. The summed E-state index contributed by atoms with van der Waals surface area (Å²) in [4.78, 5) is 10.1. The zero-order chi connectivity index (χ0) is 11.6. The fourth-order valence-electron chi connectivity index (χ4n) is 1.09. The average Bonchev–Trinajstić information content (AvgIpc) is 2.29. The lowest BCUT2D eigenvalue weighted by atomic mass is 10.3. The summed E-state index contributed by atoms with van der Waals surface area (Å²) >= 11 is 0. The van der Waals surface area contributed by atoms with E-state index in [1.165, 1.54) is 6.20 Å². The molecular weight excluding hydrogens is 206 g/mol. The molecule has 0 saturated heterocycles. The van der Waals surface area contributed by atoms with Crippen LogP contribution in [0.3, 0.4) is 0 Å². The molecule has 0 radical (unpaired) electrons. The van der Waals surface area contributed by atoms with Gasteiger partial charge >= 0.3 is 5.97 Å². The number of carbonyl (C=O) groups is 1. The standard InChI is InChI=1S/C12H15NO3/c14-12(15)7-9-13-8-4-10-16-11-5-2-1-3-6-11/h1-3,5-7,9,13H,4,8,10H2,(H,14,15)/b9-7+. The summed E-state index contributed by atoms with van der Waals surface area (Å²) in [5, 5.41) is 11.2. The summed E-state index contributed by atoms with van der Waals surface area (Å²) in [5.41, 5.74) is 0. The largest absolute Gasteiger partial charge is 0.494 e. The molecule has 4 heteroatoms. The molecule has 0 heterocycles. The van der Waals surface area contributed by atoms with Gasteiger partial charge in [0.05, 0.1) is 6.61 Å². The van der Waals surface area contributed by atoms with Gasteiger partial charge in [0.1, 0.15) is 5.75 Å². The van der Waals surface area contributed by atoms with E-state index < -0.39 is 5.97 Å². The van der Waals surface area contributed by atoms with Crippen LogP contribution in [0, 0.1) is 0 Å². The number of nitrogens with one attached hydrogen (secondary N) is 1. The molecule has 0 unspecified atom stereocenters. The van der Waals surface area contributed by atoms with Gasteiger partial charge in [-0.15, -0.1) is 0 Å². The summed E-state index contributed by atoms with van der Waals surface area (Å²) in [5.74, 6) is -0.100. The van der Waals surface area contributed by atoms with Gasteiger partial charge in [-0.05, 0) is 18.6 Å². The van der Waals surface area contributed by atoms with Crippen LogP contribution in [0.2, 0.25) is 0 Å². The second-order valence-electron chi connectivity index (χ2n) is 3.14. The SMILES string of the molecule is O=C(O)/C=C/NCCCOc1ccccc1. The highest BCUT2D eigenvalue weighted by Gasteiger charge is 1.90. The van der Waals surface area contributed by atoms with Gasteiger partial charge < -0.3 is 15.2 Å². The van der Waals surface area contributed by atoms with Crippen molar-refractivity contribution in [2.24, 2.45) is 0 Å². The van der Waals surface area contributed by atoms with E-state index in [2.05, 4.69) is 5.32 Å². The van der Waals surface area contributed by atoms with E-state index in [9.17, 15) is 4.79 Å². The first-order chi connectivity index (χ1) is 7.79. The van der Waals surface area contributed by atoms with Gasteiger partial charge in [0.15, 0.2) is 0 Å². The summed E-state index contributed by atoms with van der Waals surface area (Å²) < 4.78 is 5.45. The zero-order valence-electron chi connectivity index (χ0n) is 8.93. The van der Waals surface area contributed by atoms with Crippen molar-refractivity contribution in [2.45, 2.75) is 6.42 Å². The van der Waals surface area contributed by atoms with Crippen molar-refractivity contribution in [1.82, 2.24) is 5.32 Å². The molecule has 0 saturated carbocycles. The molecule has 86 valence electrons. The van der Waals surface area contributed by atoms with Crippen LogP contribution >= 0.6 is 0 Å². The second-order valence-corrected chi connectivity index (χ2v) is 3.14. The third-order valence-electron chi connectivity index (χ3n) is 1.82. The van der Waals surface area contributed by atoms with E-state index >= 15 is 0 Å². The molecule has 2 N–H and O–H groups in total. The smallest absolute Gasteiger partial charge is 0.329 e. The van der Waals surface area contributed by atoms with Gasteiger partial charge in [0.25, 0.3) is 0 Å². The molecule has 1 aromatic rings. The molecule has 0 aliphatic heterocycles. The van der Waals surface area contributed by atoms with E-state index in [1.807, 2.05) is 30.3 Å². The number of aliphatic carboxylic acids is 1. The third-order valence-corrected chi connectivity index (χ3v) is 1.82. The first kappa shape index (κ1) is 12.1. The Bertz CT molecular complexity index is 335. The molecule has 1 rings (SSSR count). The van der Waals surface area contributed by atoms with Gasteiger partial charge in [-0.1, -0.05) is 18.2 Å². The van der Waals surface area contributed by atoms with Crippen LogP contribution < -0.4 is 10.1 Å². The number of ether oxygens (including phenoxy) is 1. The molecule has 0 bridgehead atoms. The Morgan fingerprint density at radius 1 is 1.38 bits per heavy atom. The molecule has 0 aliphatic rings. The molecule has 0 atom stereocenters. The molecule has 0 amide bonds. The lowest BCUT2D eigenvalue weighted by Crippen LogP contribution is -2.11. The summed E-state index contributed by atoms with van der Waals surface area (Å²) in [7, 11) is 0. The fraction of sp³-hybridized carbons (Fsp3) is 0.250. The molecule has 0 aromatic heterocycles. The Labute approximate surface area is 94.6 Å². The van der Waals surface area contributed by atoms with Crippen LogP contribution in [-0.2, 0) is 4.79 Å². The van der Waals surface area contributed by atoms with Crippen molar-refractivity contribution in [3.8, 4) is 5.75 Å². The Morgan fingerprint density at radius 2 is 2.12 bits per heavy atom. The number of hydrogen-bond acceptors (Lipinski definition) is 3. The van der Waals surface area contributed by atoms with Crippen LogP contribution in [0.25, 0.3) is 0 Å². The lowest BCUT2D eigenvalue weighted by Gasteiger charge is -2.05. The van der Waals surface area contributed by atoms with E-state index in [0.717, 1.165) is 18.2 Å². The van der Waals surface area contributed by atoms with Gasteiger partial charge in [-0.3, -0.25) is 0 Å². The molecule has 16 heavy (non-hydrogen) atoms. The van der Waals surface area contributed by atoms with Crippen molar-refractivity contribution in [3.05, 3.63) is 42.6 Å². The predicted molar refractivity (Wildman–Crippen MR) is 61.3 cm³/mol.